The number of rotatable bonds is 8. The van der Waals surface area contributed by atoms with E-state index in [4.69, 9.17) is 4.74 Å². The SMILES string of the molecule is COCCNC1CCC(Nc2ccc(S(C)(=O)=O)cc2-c2cn(C)c(=O)c3[nH]ccc23)CC1. The highest BCUT2D eigenvalue weighted by molar-refractivity contribution is 7.90. The summed E-state index contributed by atoms with van der Waals surface area (Å²) < 4.78 is 31.2. The Morgan fingerprint density at radius 1 is 1.12 bits per heavy atom. The monoisotopic (exact) mass is 472 g/mol. The summed E-state index contributed by atoms with van der Waals surface area (Å²) in [4.78, 5) is 15.8. The van der Waals surface area contributed by atoms with Crippen molar-refractivity contribution < 1.29 is 13.2 Å². The molecule has 0 radical (unpaired) electrons. The van der Waals surface area contributed by atoms with Gasteiger partial charge in [-0.3, -0.25) is 4.79 Å². The minimum absolute atomic E-state index is 0.119. The number of H-pyrrole nitrogens is 1. The molecule has 3 N–H and O–H groups in total. The van der Waals surface area contributed by atoms with Gasteiger partial charge in [0.1, 0.15) is 5.52 Å². The Morgan fingerprint density at radius 3 is 2.55 bits per heavy atom. The molecule has 33 heavy (non-hydrogen) atoms. The predicted molar refractivity (Wildman–Crippen MR) is 132 cm³/mol. The van der Waals surface area contributed by atoms with Crippen molar-refractivity contribution >= 4 is 26.4 Å². The molecule has 1 aliphatic rings. The average molecular weight is 473 g/mol. The van der Waals surface area contributed by atoms with Crippen LogP contribution in [0.2, 0.25) is 0 Å². The molecule has 1 saturated carbocycles. The first kappa shape index (κ1) is 23.5. The lowest BCUT2D eigenvalue weighted by Gasteiger charge is -2.31. The van der Waals surface area contributed by atoms with E-state index in [2.05, 4.69) is 15.6 Å². The van der Waals surface area contributed by atoms with E-state index in [1.54, 1.807) is 38.7 Å². The largest absolute Gasteiger partial charge is 0.383 e. The predicted octanol–water partition coefficient (Wildman–Crippen LogP) is 2.90. The van der Waals surface area contributed by atoms with Crippen LogP contribution in [0.4, 0.5) is 5.69 Å². The second-order valence-corrected chi connectivity index (χ2v) is 10.9. The van der Waals surface area contributed by atoms with Crippen LogP contribution < -0.4 is 16.2 Å². The molecule has 0 aliphatic heterocycles. The number of anilines is 1. The Balaban J connectivity index is 1.66. The maximum Gasteiger partial charge on any atom is 0.274 e. The lowest BCUT2D eigenvalue weighted by molar-refractivity contribution is 0.191. The first-order chi connectivity index (χ1) is 15.8. The second kappa shape index (κ2) is 9.70. The third-order valence-corrected chi connectivity index (χ3v) is 7.54. The normalized spacial score (nSPS) is 19.1. The molecule has 178 valence electrons. The number of aromatic amines is 1. The molecule has 0 amide bonds. The molecule has 1 aliphatic carbocycles. The van der Waals surface area contributed by atoms with E-state index >= 15 is 0 Å². The number of hydrogen-bond donors (Lipinski definition) is 3. The molecule has 1 fully saturated rings. The maximum atomic E-state index is 12.5. The summed E-state index contributed by atoms with van der Waals surface area (Å²) >= 11 is 0. The molecule has 0 atom stereocenters. The van der Waals surface area contributed by atoms with Gasteiger partial charge in [0.2, 0.25) is 0 Å². The zero-order chi connectivity index (χ0) is 23.6. The van der Waals surface area contributed by atoms with Crippen LogP contribution >= 0.6 is 0 Å². The summed E-state index contributed by atoms with van der Waals surface area (Å²) in [7, 11) is 0.0328. The summed E-state index contributed by atoms with van der Waals surface area (Å²) in [5.41, 5.74) is 2.86. The third-order valence-electron chi connectivity index (χ3n) is 6.43. The van der Waals surface area contributed by atoms with Gasteiger partial charge in [-0.1, -0.05) is 0 Å². The fourth-order valence-electron chi connectivity index (χ4n) is 4.61. The first-order valence-electron chi connectivity index (χ1n) is 11.3. The first-order valence-corrected chi connectivity index (χ1v) is 13.2. The van der Waals surface area contributed by atoms with E-state index in [0.717, 1.165) is 54.4 Å². The van der Waals surface area contributed by atoms with Gasteiger partial charge in [-0.15, -0.1) is 0 Å². The van der Waals surface area contributed by atoms with E-state index in [9.17, 15) is 13.2 Å². The Morgan fingerprint density at radius 2 is 1.85 bits per heavy atom. The van der Waals surface area contributed by atoms with Crippen molar-refractivity contribution in [3.8, 4) is 11.1 Å². The lowest BCUT2D eigenvalue weighted by Crippen LogP contribution is -2.38. The quantitative estimate of drug-likeness (QED) is 0.436. The van der Waals surface area contributed by atoms with Gasteiger partial charge in [0.05, 0.1) is 11.5 Å². The van der Waals surface area contributed by atoms with E-state index in [1.165, 1.54) is 10.8 Å². The summed E-state index contributed by atoms with van der Waals surface area (Å²) in [5, 5.41) is 7.98. The van der Waals surface area contributed by atoms with Crippen molar-refractivity contribution in [1.82, 2.24) is 14.9 Å². The topological polar surface area (TPSA) is 105 Å². The Labute approximate surface area is 194 Å². The number of benzene rings is 1. The fraction of sp³-hybridized carbons (Fsp3) is 0.458. The molecule has 2 aromatic heterocycles. The summed E-state index contributed by atoms with van der Waals surface area (Å²) in [6.07, 6.45) is 8.90. The molecule has 4 rings (SSSR count). The summed E-state index contributed by atoms with van der Waals surface area (Å²) in [6.45, 7) is 1.57. The van der Waals surface area contributed by atoms with E-state index in [0.29, 0.717) is 24.2 Å². The zero-order valence-electron chi connectivity index (χ0n) is 19.3. The van der Waals surface area contributed by atoms with Crippen LogP contribution in [-0.4, -0.2) is 56.6 Å². The minimum atomic E-state index is -3.38. The number of aromatic nitrogens is 2. The third kappa shape index (κ3) is 5.15. The molecule has 0 bridgehead atoms. The molecular weight excluding hydrogens is 440 g/mol. The Bertz CT molecular complexity index is 1290. The fourth-order valence-corrected chi connectivity index (χ4v) is 5.26. The molecule has 3 aromatic rings. The van der Waals surface area contributed by atoms with Gasteiger partial charge in [-0.25, -0.2) is 8.42 Å². The molecule has 8 nitrogen and oxygen atoms in total. The Hall–Kier alpha value is -2.62. The highest BCUT2D eigenvalue weighted by atomic mass is 32.2. The number of ether oxygens (including phenoxy) is 1. The maximum absolute atomic E-state index is 12.5. The Kier molecular flexibility index (Phi) is 6.92. The number of methoxy groups -OCH3 is 1. The summed E-state index contributed by atoms with van der Waals surface area (Å²) in [6, 6.07) is 7.85. The van der Waals surface area contributed by atoms with Crippen LogP contribution in [-0.2, 0) is 21.6 Å². The molecule has 2 heterocycles. The number of aryl methyl sites for hydroxylation is 1. The van der Waals surface area contributed by atoms with Gasteiger partial charge in [0, 0.05) is 73.6 Å². The van der Waals surface area contributed by atoms with Gasteiger partial charge in [-0.2, -0.15) is 0 Å². The van der Waals surface area contributed by atoms with E-state index in [-0.39, 0.29) is 10.5 Å². The van der Waals surface area contributed by atoms with Gasteiger partial charge in [0.25, 0.3) is 5.56 Å². The van der Waals surface area contributed by atoms with E-state index < -0.39 is 9.84 Å². The van der Waals surface area contributed by atoms with Crippen molar-refractivity contribution in [3.63, 3.8) is 0 Å². The van der Waals surface area contributed by atoms with Gasteiger partial charge < -0.3 is 24.9 Å². The zero-order valence-corrected chi connectivity index (χ0v) is 20.2. The highest BCUT2D eigenvalue weighted by Crippen LogP contribution is 2.36. The molecule has 0 spiro atoms. The molecule has 0 saturated heterocycles. The number of fused-ring (bicyclic) bond motifs is 1. The molecular formula is C24H32N4O4S. The number of hydrogen-bond acceptors (Lipinski definition) is 6. The molecule has 9 heteroatoms. The van der Waals surface area contributed by atoms with E-state index in [1.807, 2.05) is 12.1 Å². The standard InChI is InChI=1S/C24H32N4O4S/c1-28-15-21(19-10-11-26-23(19)24(28)29)20-14-18(33(3,30)31)8-9-22(20)27-17-6-4-16(5-7-17)25-12-13-32-2/h8-11,14-17,25-27H,4-7,12-13H2,1-3H3. The van der Waals surface area contributed by atoms with Crippen molar-refractivity contribution in [2.75, 3.05) is 31.8 Å². The highest BCUT2D eigenvalue weighted by Gasteiger charge is 2.23. The van der Waals surface area contributed by atoms with Crippen molar-refractivity contribution in [1.29, 1.82) is 0 Å². The number of nitrogens with zero attached hydrogens (tertiary/aromatic N) is 1. The van der Waals surface area contributed by atoms with Crippen LogP contribution in [0.25, 0.3) is 22.0 Å². The average Bonchev–Trinajstić information content (AvgIpc) is 3.28. The lowest BCUT2D eigenvalue weighted by atomic mass is 9.90. The molecule has 0 unspecified atom stereocenters. The van der Waals surface area contributed by atoms with Crippen LogP contribution in [0.1, 0.15) is 25.7 Å². The van der Waals surface area contributed by atoms with Crippen molar-refractivity contribution in [3.05, 3.63) is 47.0 Å². The number of sulfone groups is 1. The smallest absolute Gasteiger partial charge is 0.274 e. The van der Waals surface area contributed by atoms with Crippen molar-refractivity contribution in [2.24, 2.45) is 7.05 Å². The van der Waals surface area contributed by atoms with Gasteiger partial charge in [-0.05, 0) is 49.9 Å². The number of pyridine rings is 1. The van der Waals surface area contributed by atoms with Crippen molar-refractivity contribution in [2.45, 2.75) is 42.7 Å². The van der Waals surface area contributed by atoms with Crippen LogP contribution in [0.15, 0.2) is 46.3 Å². The molecule has 1 aromatic carbocycles. The van der Waals surface area contributed by atoms with Gasteiger partial charge in [0.15, 0.2) is 9.84 Å². The van der Waals surface area contributed by atoms with Gasteiger partial charge >= 0.3 is 0 Å². The van der Waals surface area contributed by atoms with Crippen LogP contribution in [0, 0.1) is 0 Å². The van der Waals surface area contributed by atoms with Crippen LogP contribution in [0.5, 0.6) is 0 Å². The number of nitrogens with one attached hydrogen (secondary N) is 3. The minimum Gasteiger partial charge on any atom is -0.383 e. The van der Waals surface area contributed by atoms with Crippen LogP contribution in [0.3, 0.4) is 0 Å². The summed E-state index contributed by atoms with van der Waals surface area (Å²) in [5.74, 6) is 0. The second-order valence-electron chi connectivity index (χ2n) is 8.84.